The zero-order valence-corrected chi connectivity index (χ0v) is 9.98. The summed E-state index contributed by atoms with van der Waals surface area (Å²) in [6.07, 6.45) is 0.831. The van der Waals surface area contributed by atoms with Gasteiger partial charge in [-0.05, 0) is 39.7 Å². The number of rotatable bonds is 4. The quantitative estimate of drug-likeness (QED) is 0.454. The summed E-state index contributed by atoms with van der Waals surface area (Å²) in [4.78, 5) is 0. The lowest BCUT2D eigenvalue weighted by Gasteiger charge is -2.16. The second-order valence-corrected chi connectivity index (χ2v) is 4.13. The van der Waals surface area contributed by atoms with Crippen LogP contribution in [-0.2, 0) is 0 Å². The summed E-state index contributed by atoms with van der Waals surface area (Å²) in [7, 11) is 0. The Hall–Kier alpha value is -1.06. The van der Waals surface area contributed by atoms with Gasteiger partial charge < -0.3 is 4.42 Å². The van der Waals surface area contributed by atoms with Crippen LogP contribution in [0.3, 0.4) is 0 Å². The van der Waals surface area contributed by atoms with Gasteiger partial charge in [-0.25, -0.2) is 0 Å². The Kier molecular flexibility index (Phi) is 3.72. The summed E-state index contributed by atoms with van der Waals surface area (Å²) in [6, 6.07) is 0.0972. The van der Waals surface area contributed by atoms with Crippen molar-refractivity contribution in [1.29, 1.82) is 0 Å². The SMILES string of the molecule is C=C(C)CC(NN)c1c(C)oc(C)c1C. The maximum absolute atomic E-state index is 5.58. The van der Waals surface area contributed by atoms with E-state index in [4.69, 9.17) is 10.3 Å². The summed E-state index contributed by atoms with van der Waals surface area (Å²) >= 11 is 0. The zero-order chi connectivity index (χ0) is 11.6. The van der Waals surface area contributed by atoms with Gasteiger partial charge in [0.05, 0.1) is 6.04 Å². The summed E-state index contributed by atoms with van der Waals surface area (Å²) in [5, 5.41) is 0. The van der Waals surface area contributed by atoms with Crippen LogP contribution in [-0.4, -0.2) is 0 Å². The van der Waals surface area contributed by atoms with Gasteiger partial charge in [-0.1, -0.05) is 5.57 Å². The molecule has 15 heavy (non-hydrogen) atoms. The molecule has 0 aliphatic rings. The standard InChI is InChI=1S/C12H20N2O/c1-7(2)6-11(14-13)12-8(3)9(4)15-10(12)5/h11,14H,1,6,13H2,2-5H3. The van der Waals surface area contributed by atoms with E-state index < -0.39 is 0 Å². The third-order valence-electron chi connectivity index (χ3n) is 2.72. The Labute approximate surface area is 91.3 Å². The van der Waals surface area contributed by atoms with Crippen LogP contribution in [0.25, 0.3) is 0 Å². The lowest BCUT2D eigenvalue weighted by atomic mass is 9.97. The highest BCUT2D eigenvalue weighted by molar-refractivity contribution is 5.34. The first-order chi connectivity index (χ1) is 6.97. The molecule has 3 nitrogen and oxygen atoms in total. The number of nitrogens with two attached hydrogens (primary N) is 1. The molecule has 0 aromatic carbocycles. The Morgan fingerprint density at radius 2 is 2.00 bits per heavy atom. The molecule has 0 amide bonds. The smallest absolute Gasteiger partial charge is 0.106 e. The monoisotopic (exact) mass is 208 g/mol. The van der Waals surface area contributed by atoms with Crippen molar-refractivity contribution in [3.8, 4) is 0 Å². The predicted octanol–water partition coefficient (Wildman–Crippen LogP) is 2.68. The van der Waals surface area contributed by atoms with Gasteiger partial charge in [-0.2, -0.15) is 0 Å². The molecule has 3 N–H and O–H groups in total. The molecule has 0 fully saturated rings. The van der Waals surface area contributed by atoms with Crippen LogP contribution >= 0.6 is 0 Å². The molecule has 1 rings (SSSR count). The van der Waals surface area contributed by atoms with Crippen molar-refractivity contribution in [2.45, 2.75) is 40.2 Å². The molecule has 1 atom stereocenters. The highest BCUT2D eigenvalue weighted by Gasteiger charge is 2.19. The van der Waals surface area contributed by atoms with Crippen LogP contribution in [0.5, 0.6) is 0 Å². The van der Waals surface area contributed by atoms with E-state index in [1.165, 1.54) is 5.56 Å². The van der Waals surface area contributed by atoms with Gasteiger partial charge in [0.1, 0.15) is 11.5 Å². The van der Waals surface area contributed by atoms with Crippen LogP contribution in [0.15, 0.2) is 16.6 Å². The Morgan fingerprint density at radius 1 is 1.40 bits per heavy atom. The van der Waals surface area contributed by atoms with Gasteiger partial charge in [0.15, 0.2) is 0 Å². The fraction of sp³-hybridized carbons (Fsp3) is 0.500. The van der Waals surface area contributed by atoms with Gasteiger partial charge in [0.2, 0.25) is 0 Å². The van der Waals surface area contributed by atoms with E-state index in [2.05, 4.69) is 18.9 Å². The number of hydrogen-bond donors (Lipinski definition) is 2. The summed E-state index contributed by atoms with van der Waals surface area (Å²) in [5.41, 5.74) is 6.27. The van der Waals surface area contributed by atoms with Crippen molar-refractivity contribution in [3.63, 3.8) is 0 Å². The third-order valence-corrected chi connectivity index (χ3v) is 2.72. The molecule has 0 aliphatic heterocycles. The molecule has 84 valence electrons. The third kappa shape index (κ3) is 2.49. The highest BCUT2D eigenvalue weighted by Crippen LogP contribution is 2.29. The molecule has 1 aromatic heterocycles. The Morgan fingerprint density at radius 3 is 2.33 bits per heavy atom. The van der Waals surface area contributed by atoms with Crippen molar-refractivity contribution < 1.29 is 4.42 Å². The van der Waals surface area contributed by atoms with Gasteiger partial charge in [0.25, 0.3) is 0 Å². The van der Waals surface area contributed by atoms with E-state index in [0.29, 0.717) is 0 Å². The zero-order valence-electron chi connectivity index (χ0n) is 9.98. The van der Waals surface area contributed by atoms with Crippen LogP contribution in [0.2, 0.25) is 0 Å². The molecule has 0 aliphatic carbocycles. The van der Waals surface area contributed by atoms with E-state index in [-0.39, 0.29) is 6.04 Å². The minimum Gasteiger partial charge on any atom is -0.466 e. The average molecular weight is 208 g/mol. The molecular weight excluding hydrogens is 188 g/mol. The van der Waals surface area contributed by atoms with Crippen molar-refractivity contribution in [1.82, 2.24) is 5.43 Å². The fourth-order valence-corrected chi connectivity index (χ4v) is 1.91. The van der Waals surface area contributed by atoms with E-state index in [0.717, 1.165) is 29.1 Å². The number of hydrazine groups is 1. The fourth-order valence-electron chi connectivity index (χ4n) is 1.91. The minimum atomic E-state index is 0.0972. The first-order valence-electron chi connectivity index (χ1n) is 5.14. The van der Waals surface area contributed by atoms with Crippen LogP contribution < -0.4 is 11.3 Å². The maximum atomic E-state index is 5.58. The number of aryl methyl sites for hydroxylation is 2. The summed E-state index contributed by atoms with van der Waals surface area (Å²) < 4.78 is 5.58. The molecule has 1 aromatic rings. The van der Waals surface area contributed by atoms with Gasteiger partial charge in [-0.15, -0.1) is 6.58 Å². The second kappa shape index (κ2) is 4.64. The molecular formula is C12H20N2O. The maximum Gasteiger partial charge on any atom is 0.106 e. The van der Waals surface area contributed by atoms with Gasteiger partial charge in [-0.3, -0.25) is 11.3 Å². The molecule has 3 heteroatoms. The normalized spacial score (nSPS) is 12.9. The van der Waals surface area contributed by atoms with Crippen molar-refractivity contribution in [2.24, 2.45) is 5.84 Å². The molecule has 0 saturated heterocycles. The largest absolute Gasteiger partial charge is 0.466 e. The van der Waals surface area contributed by atoms with E-state index in [1.54, 1.807) is 0 Å². The lowest BCUT2D eigenvalue weighted by molar-refractivity contribution is 0.484. The minimum absolute atomic E-state index is 0.0972. The van der Waals surface area contributed by atoms with Crippen LogP contribution in [0.1, 0.15) is 42.0 Å². The van der Waals surface area contributed by atoms with Gasteiger partial charge >= 0.3 is 0 Å². The molecule has 0 bridgehead atoms. The van der Waals surface area contributed by atoms with Gasteiger partial charge in [0, 0.05) is 5.56 Å². The Bertz CT molecular complexity index is 366. The summed E-state index contributed by atoms with van der Waals surface area (Å²) in [6.45, 7) is 11.9. The topological polar surface area (TPSA) is 51.2 Å². The number of furan rings is 1. The van der Waals surface area contributed by atoms with Crippen molar-refractivity contribution in [2.75, 3.05) is 0 Å². The molecule has 0 spiro atoms. The second-order valence-electron chi connectivity index (χ2n) is 4.13. The van der Waals surface area contributed by atoms with Crippen LogP contribution in [0, 0.1) is 20.8 Å². The van der Waals surface area contributed by atoms with Crippen molar-refractivity contribution >= 4 is 0 Å². The Balaban J connectivity index is 3.06. The van der Waals surface area contributed by atoms with E-state index in [9.17, 15) is 0 Å². The lowest BCUT2D eigenvalue weighted by Crippen LogP contribution is -2.28. The molecule has 1 unspecified atom stereocenters. The molecule has 0 saturated carbocycles. The summed E-state index contributed by atoms with van der Waals surface area (Å²) in [5.74, 6) is 7.47. The first kappa shape index (κ1) is 12.0. The van der Waals surface area contributed by atoms with Crippen molar-refractivity contribution in [3.05, 3.63) is 34.8 Å². The van der Waals surface area contributed by atoms with E-state index in [1.807, 2.05) is 20.8 Å². The van der Waals surface area contributed by atoms with E-state index >= 15 is 0 Å². The first-order valence-corrected chi connectivity index (χ1v) is 5.14. The highest BCUT2D eigenvalue weighted by atomic mass is 16.3. The molecule has 1 heterocycles. The number of nitrogens with one attached hydrogen (secondary N) is 1. The predicted molar refractivity (Wildman–Crippen MR) is 62.4 cm³/mol. The average Bonchev–Trinajstić information content (AvgIpc) is 2.38. The van der Waals surface area contributed by atoms with Crippen LogP contribution in [0.4, 0.5) is 0 Å². The number of hydrogen-bond acceptors (Lipinski definition) is 3. The molecule has 0 radical (unpaired) electrons.